The van der Waals surface area contributed by atoms with Crippen LogP contribution < -0.4 is 5.32 Å². The quantitative estimate of drug-likeness (QED) is 0.724. The van der Waals surface area contributed by atoms with Crippen molar-refractivity contribution < 1.29 is 13.6 Å². The molecule has 0 spiro atoms. The molecule has 1 amide bonds. The van der Waals surface area contributed by atoms with Crippen molar-refractivity contribution in [3.63, 3.8) is 0 Å². The van der Waals surface area contributed by atoms with E-state index in [1.807, 2.05) is 0 Å². The number of rotatable bonds is 2. The Kier molecular flexibility index (Phi) is 2.57. The largest absolute Gasteiger partial charge is 0.355 e. The Morgan fingerprint density at radius 1 is 1.60 bits per heavy atom. The number of halogens is 2. The van der Waals surface area contributed by atoms with Gasteiger partial charge < -0.3 is 5.32 Å². The predicted octanol–water partition coefficient (Wildman–Crippen LogP) is 0.415. The molecule has 1 N–H and O–H groups in total. The number of hydrogen-bond acceptors (Lipinski definition) is 3. The highest BCUT2D eigenvalue weighted by Crippen LogP contribution is 2.27. The second-order valence-electron chi connectivity index (χ2n) is 3.39. The highest BCUT2D eigenvalue weighted by atomic mass is 19.1. The van der Waals surface area contributed by atoms with E-state index in [0.29, 0.717) is 0 Å². The fourth-order valence-electron chi connectivity index (χ4n) is 1.71. The van der Waals surface area contributed by atoms with E-state index in [1.165, 1.54) is 12.3 Å². The Balaban J connectivity index is 2.32. The Labute approximate surface area is 84.7 Å². The zero-order valence-electron chi connectivity index (χ0n) is 7.78. The number of alkyl halides is 1. The average molecular weight is 213 g/mol. The molecule has 0 radical (unpaired) electrons. The van der Waals surface area contributed by atoms with Crippen molar-refractivity contribution in [3.05, 3.63) is 24.0 Å². The molecular weight excluding hydrogens is 204 g/mol. The first-order valence-corrected chi connectivity index (χ1v) is 4.54. The number of nitrogens with one attached hydrogen (secondary N) is 1. The van der Waals surface area contributed by atoms with Crippen LogP contribution >= 0.6 is 0 Å². The Morgan fingerprint density at radius 2 is 2.40 bits per heavy atom. The van der Waals surface area contributed by atoms with Gasteiger partial charge in [-0.2, -0.15) is 4.39 Å². The van der Waals surface area contributed by atoms with E-state index in [2.05, 4.69) is 15.3 Å². The Hall–Kier alpha value is -1.59. The van der Waals surface area contributed by atoms with Crippen molar-refractivity contribution in [2.75, 3.05) is 13.2 Å². The van der Waals surface area contributed by atoms with E-state index in [1.54, 1.807) is 0 Å². The molecule has 2 heterocycles. The highest BCUT2D eigenvalue weighted by molar-refractivity contribution is 5.85. The molecule has 1 unspecified atom stereocenters. The second-order valence-corrected chi connectivity index (χ2v) is 3.39. The van der Waals surface area contributed by atoms with Gasteiger partial charge in [-0.15, -0.1) is 0 Å². The molecule has 2 rings (SSSR count). The van der Waals surface area contributed by atoms with Crippen molar-refractivity contribution in [2.45, 2.75) is 5.92 Å². The molecule has 1 aliphatic heterocycles. The van der Waals surface area contributed by atoms with Crippen LogP contribution in [0, 0.1) is 12.0 Å². The summed E-state index contributed by atoms with van der Waals surface area (Å²) in [6.07, 6.45) is 0.322. The molecule has 4 nitrogen and oxygen atoms in total. The summed E-state index contributed by atoms with van der Waals surface area (Å²) < 4.78 is 25.3. The van der Waals surface area contributed by atoms with E-state index in [0.717, 1.165) is 0 Å². The summed E-state index contributed by atoms with van der Waals surface area (Å²) in [5.41, 5.74) is 0.236. The van der Waals surface area contributed by atoms with Gasteiger partial charge in [-0.05, 0) is 6.07 Å². The summed E-state index contributed by atoms with van der Waals surface area (Å²) in [5, 5.41) is 2.53. The molecule has 2 atom stereocenters. The monoisotopic (exact) mass is 213 g/mol. The van der Waals surface area contributed by atoms with Crippen molar-refractivity contribution >= 4 is 5.91 Å². The maximum Gasteiger partial charge on any atom is 0.308 e. The maximum atomic E-state index is 12.7. The van der Waals surface area contributed by atoms with Crippen LogP contribution in [-0.4, -0.2) is 29.1 Å². The molecule has 0 aromatic carbocycles. The number of hydrogen-bond donors (Lipinski definition) is 1. The van der Waals surface area contributed by atoms with E-state index in [9.17, 15) is 13.6 Å². The molecule has 1 aromatic rings. The van der Waals surface area contributed by atoms with Gasteiger partial charge in [-0.3, -0.25) is 9.18 Å². The van der Waals surface area contributed by atoms with Gasteiger partial charge in [0, 0.05) is 18.7 Å². The van der Waals surface area contributed by atoms with Gasteiger partial charge in [0.1, 0.15) is 0 Å². The number of aromatic nitrogens is 2. The lowest BCUT2D eigenvalue weighted by Gasteiger charge is -2.11. The molecule has 1 aliphatic rings. The molecule has 0 saturated carbocycles. The molecule has 15 heavy (non-hydrogen) atoms. The maximum absolute atomic E-state index is 12.7. The summed E-state index contributed by atoms with van der Waals surface area (Å²) in [6.45, 7) is -0.360. The van der Waals surface area contributed by atoms with Gasteiger partial charge in [0.2, 0.25) is 5.91 Å². The molecule has 0 bridgehead atoms. The normalized spacial score (nSPS) is 25.3. The highest BCUT2D eigenvalue weighted by Gasteiger charge is 2.37. The Morgan fingerprint density at radius 3 is 3.07 bits per heavy atom. The smallest absolute Gasteiger partial charge is 0.308 e. The number of carbonyl (C=O) groups is 1. The van der Waals surface area contributed by atoms with E-state index >= 15 is 0 Å². The van der Waals surface area contributed by atoms with Crippen molar-refractivity contribution in [1.82, 2.24) is 15.3 Å². The third kappa shape index (κ3) is 1.79. The van der Waals surface area contributed by atoms with Gasteiger partial charge in [-0.1, -0.05) is 0 Å². The van der Waals surface area contributed by atoms with Gasteiger partial charge in [0.15, 0.2) is 0 Å². The van der Waals surface area contributed by atoms with Crippen LogP contribution in [0.5, 0.6) is 0 Å². The number of amides is 1. The summed E-state index contributed by atoms with van der Waals surface area (Å²) in [6, 6.07) is 1.43. The van der Waals surface area contributed by atoms with E-state index < -0.39 is 24.6 Å². The van der Waals surface area contributed by atoms with Gasteiger partial charge in [0.05, 0.1) is 18.3 Å². The van der Waals surface area contributed by atoms with Crippen LogP contribution in [0.25, 0.3) is 0 Å². The van der Waals surface area contributed by atoms with Gasteiger partial charge in [-0.25, -0.2) is 9.97 Å². The zero-order valence-corrected chi connectivity index (χ0v) is 7.78. The average Bonchev–Trinajstić information content (AvgIpc) is 2.59. The zero-order chi connectivity index (χ0) is 10.8. The fraction of sp³-hybridized carbons (Fsp3) is 0.444. The lowest BCUT2D eigenvalue weighted by atomic mass is 9.93. The van der Waals surface area contributed by atoms with Crippen molar-refractivity contribution in [1.29, 1.82) is 0 Å². The van der Waals surface area contributed by atoms with Crippen LogP contribution in [0.1, 0.15) is 11.6 Å². The number of nitrogens with zero attached hydrogens (tertiary/aromatic N) is 2. The summed E-state index contributed by atoms with van der Waals surface area (Å²) in [7, 11) is 0. The Bertz CT molecular complexity index is 385. The molecule has 1 saturated heterocycles. The third-order valence-electron chi connectivity index (χ3n) is 2.46. The molecule has 0 aliphatic carbocycles. The molecule has 1 fully saturated rings. The summed E-state index contributed by atoms with van der Waals surface area (Å²) in [4.78, 5) is 18.2. The molecule has 80 valence electrons. The van der Waals surface area contributed by atoms with Crippen molar-refractivity contribution in [3.8, 4) is 0 Å². The van der Waals surface area contributed by atoms with Gasteiger partial charge >= 0.3 is 6.08 Å². The molecular formula is C9H9F2N3O. The van der Waals surface area contributed by atoms with E-state index in [4.69, 9.17) is 0 Å². The second kappa shape index (κ2) is 3.88. The van der Waals surface area contributed by atoms with Crippen LogP contribution in [0.4, 0.5) is 8.78 Å². The van der Waals surface area contributed by atoms with Crippen LogP contribution in [0.15, 0.2) is 12.3 Å². The van der Waals surface area contributed by atoms with Gasteiger partial charge in [0.25, 0.3) is 0 Å². The van der Waals surface area contributed by atoms with Crippen molar-refractivity contribution in [2.24, 2.45) is 5.92 Å². The van der Waals surface area contributed by atoms with Crippen LogP contribution in [0.3, 0.4) is 0 Å². The fourth-order valence-corrected chi connectivity index (χ4v) is 1.71. The minimum atomic E-state index is -0.898. The minimum Gasteiger partial charge on any atom is -0.355 e. The minimum absolute atomic E-state index is 0.236. The first-order valence-electron chi connectivity index (χ1n) is 4.54. The summed E-state index contributed by atoms with van der Waals surface area (Å²) >= 11 is 0. The molecule has 6 heteroatoms. The lowest BCUT2D eigenvalue weighted by molar-refractivity contribution is -0.120. The molecule has 1 aromatic heterocycles. The first kappa shape index (κ1) is 9.95. The summed E-state index contributed by atoms with van der Waals surface area (Å²) in [5.74, 6) is -1.48. The lowest BCUT2D eigenvalue weighted by Crippen LogP contribution is -2.20. The van der Waals surface area contributed by atoms with Crippen LogP contribution in [-0.2, 0) is 4.79 Å². The SMILES string of the molecule is O=C1NCC(CF)[C@@H]1c1ccnc(F)n1. The first-order chi connectivity index (χ1) is 7.22. The third-order valence-corrected chi connectivity index (χ3v) is 2.46. The standard InChI is InChI=1S/C9H9F2N3O/c10-3-5-4-13-8(15)7(5)6-1-2-12-9(11)14-6/h1-2,5,7H,3-4H2,(H,13,15)/t5?,7-/m1/s1. The number of carbonyl (C=O) groups excluding carboxylic acids is 1. The van der Waals surface area contributed by atoms with Crippen LogP contribution in [0.2, 0.25) is 0 Å². The topological polar surface area (TPSA) is 54.9 Å². The predicted molar refractivity (Wildman–Crippen MR) is 47.2 cm³/mol. The van der Waals surface area contributed by atoms with E-state index in [-0.39, 0.29) is 18.1 Å².